The number of ether oxygens (including phenoxy) is 2. The molecule has 206 valence electrons. The largest absolute Gasteiger partial charge is 0.466 e. The van der Waals surface area contributed by atoms with E-state index in [4.69, 9.17) is 9.47 Å². The smallest absolute Gasteiger partial charge is 0.338 e. The normalized spacial score (nSPS) is 10.3. The van der Waals surface area contributed by atoms with Gasteiger partial charge in [-0.15, -0.1) is 11.3 Å². The minimum atomic E-state index is -0.594. The first-order valence-electron chi connectivity index (χ1n) is 12.3. The number of nitro groups is 1. The predicted molar refractivity (Wildman–Crippen MR) is 157 cm³/mol. The van der Waals surface area contributed by atoms with Gasteiger partial charge in [-0.05, 0) is 76.4 Å². The van der Waals surface area contributed by atoms with Crippen LogP contribution in [0.4, 0.5) is 5.69 Å². The van der Waals surface area contributed by atoms with Crippen LogP contribution in [0.15, 0.2) is 82.6 Å². The monoisotopic (exact) mass is 631 g/mol. The van der Waals surface area contributed by atoms with Crippen molar-refractivity contribution in [2.24, 2.45) is 0 Å². The Morgan fingerprint density at radius 1 is 0.927 bits per heavy atom. The average Bonchev–Trinajstić information content (AvgIpc) is 3.34. The number of thiophene rings is 1. The molecule has 1 heterocycles. The zero-order valence-electron chi connectivity index (χ0n) is 21.7. The Kier molecular flexibility index (Phi) is 9.79. The van der Waals surface area contributed by atoms with Crippen LogP contribution in [0.25, 0.3) is 0 Å². The van der Waals surface area contributed by atoms with Gasteiger partial charge >= 0.3 is 11.9 Å². The van der Waals surface area contributed by atoms with E-state index in [1.54, 1.807) is 37.3 Å². The van der Waals surface area contributed by atoms with Gasteiger partial charge in [0.2, 0.25) is 5.78 Å². The van der Waals surface area contributed by atoms with Crippen molar-refractivity contribution >= 4 is 50.7 Å². The number of esters is 2. The fourth-order valence-electron chi connectivity index (χ4n) is 3.71. The van der Waals surface area contributed by atoms with Gasteiger partial charge in [-0.1, -0.05) is 42.2 Å². The van der Waals surface area contributed by atoms with Crippen LogP contribution in [0.3, 0.4) is 0 Å². The van der Waals surface area contributed by atoms with Crippen molar-refractivity contribution < 1.29 is 28.8 Å². The van der Waals surface area contributed by atoms with Gasteiger partial charge in [-0.25, -0.2) is 4.79 Å². The van der Waals surface area contributed by atoms with Crippen LogP contribution in [0, 0.1) is 22.0 Å². The molecule has 0 aliphatic carbocycles. The molecule has 41 heavy (non-hydrogen) atoms. The molecule has 0 atom stereocenters. The van der Waals surface area contributed by atoms with E-state index in [1.807, 2.05) is 30.3 Å². The second kappa shape index (κ2) is 13.7. The van der Waals surface area contributed by atoms with E-state index in [-0.39, 0.29) is 36.4 Å². The van der Waals surface area contributed by atoms with Gasteiger partial charge in [0.1, 0.15) is 12.2 Å². The van der Waals surface area contributed by atoms with Gasteiger partial charge < -0.3 is 9.47 Å². The van der Waals surface area contributed by atoms with Gasteiger partial charge in [0.15, 0.2) is 0 Å². The van der Waals surface area contributed by atoms with E-state index in [9.17, 15) is 24.5 Å². The highest BCUT2D eigenvalue weighted by Gasteiger charge is 2.21. The summed E-state index contributed by atoms with van der Waals surface area (Å²) >= 11 is 4.50. The van der Waals surface area contributed by atoms with E-state index in [0.717, 1.165) is 16.9 Å². The summed E-state index contributed by atoms with van der Waals surface area (Å²) in [6.07, 6.45) is 0.00271. The number of rotatable bonds is 9. The summed E-state index contributed by atoms with van der Waals surface area (Å²) in [5.41, 5.74) is 2.31. The van der Waals surface area contributed by atoms with Crippen molar-refractivity contribution in [2.45, 2.75) is 20.0 Å². The second-order valence-corrected chi connectivity index (χ2v) is 11.0. The van der Waals surface area contributed by atoms with Gasteiger partial charge in [-0.3, -0.25) is 19.7 Å². The van der Waals surface area contributed by atoms with Crippen molar-refractivity contribution in [3.8, 4) is 11.8 Å². The molecule has 0 fully saturated rings. The average molecular weight is 632 g/mol. The van der Waals surface area contributed by atoms with E-state index >= 15 is 0 Å². The van der Waals surface area contributed by atoms with Crippen molar-refractivity contribution in [1.29, 1.82) is 0 Å². The lowest BCUT2D eigenvalue weighted by atomic mass is 10.0. The maximum Gasteiger partial charge on any atom is 0.338 e. The molecule has 1 aromatic heterocycles. The molecule has 3 aromatic carbocycles. The summed E-state index contributed by atoms with van der Waals surface area (Å²) in [6, 6.07) is 21.4. The summed E-state index contributed by atoms with van der Waals surface area (Å²) in [5, 5.41) is 11.8. The fraction of sp³-hybridized carbons (Fsp3) is 0.129. The summed E-state index contributed by atoms with van der Waals surface area (Å²) in [6.45, 7) is 2.11. The molecule has 8 nitrogen and oxygen atoms in total. The summed E-state index contributed by atoms with van der Waals surface area (Å²) < 4.78 is 10.9. The zero-order chi connectivity index (χ0) is 29.4. The van der Waals surface area contributed by atoms with E-state index in [0.29, 0.717) is 25.4 Å². The first-order chi connectivity index (χ1) is 19.7. The van der Waals surface area contributed by atoms with Crippen LogP contribution >= 0.6 is 27.3 Å². The minimum absolute atomic E-state index is 0.00271. The summed E-state index contributed by atoms with van der Waals surface area (Å²) in [4.78, 5) is 48.8. The molecular weight excluding hydrogens is 610 g/mol. The van der Waals surface area contributed by atoms with Crippen LogP contribution < -0.4 is 0 Å². The number of nitro benzene ring substituents is 1. The lowest BCUT2D eigenvalue weighted by Crippen LogP contribution is -2.07. The summed E-state index contributed by atoms with van der Waals surface area (Å²) in [5.74, 6) is 4.34. The Morgan fingerprint density at radius 2 is 1.63 bits per heavy atom. The quantitative estimate of drug-likeness (QED) is 0.0680. The third-order valence-corrected chi connectivity index (χ3v) is 7.71. The number of nitrogens with zero attached hydrogens (tertiary/aromatic N) is 1. The highest BCUT2D eigenvalue weighted by molar-refractivity contribution is 9.11. The first kappa shape index (κ1) is 29.4. The molecule has 0 N–H and O–H groups in total. The third-order valence-electron chi connectivity index (χ3n) is 5.75. The van der Waals surface area contributed by atoms with Gasteiger partial charge in [-0.2, -0.15) is 0 Å². The number of hydrogen-bond acceptors (Lipinski definition) is 8. The molecule has 10 heteroatoms. The number of hydrogen-bond donors (Lipinski definition) is 0. The van der Waals surface area contributed by atoms with Gasteiger partial charge in [0.25, 0.3) is 5.69 Å². The molecule has 0 radical (unpaired) electrons. The number of halogens is 1. The Morgan fingerprint density at radius 3 is 2.32 bits per heavy atom. The zero-order valence-corrected chi connectivity index (χ0v) is 24.1. The van der Waals surface area contributed by atoms with Crippen molar-refractivity contribution in [3.63, 3.8) is 0 Å². The van der Waals surface area contributed by atoms with Crippen LogP contribution in [-0.2, 0) is 27.3 Å². The Bertz CT molecular complexity index is 1670. The van der Waals surface area contributed by atoms with Gasteiger partial charge in [0.05, 0.1) is 32.2 Å². The molecule has 0 saturated heterocycles. The predicted octanol–water partition coefficient (Wildman–Crippen LogP) is 6.51. The number of benzene rings is 3. The first-order valence-corrected chi connectivity index (χ1v) is 14.0. The number of carbonyl (C=O) groups is 3. The molecule has 4 rings (SSSR count). The van der Waals surface area contributed by atoms with E-state index in [2.05, 4.69) is 27.8 Å². The lowest BCUT2D eigenvalue weighted by Gasteiger charge is -2.05. The molecule has 4 aromatic rings. The molecular formula is C31H22BrNO7S. The Hall–Kier alpha value is -4.59. The van der Waals surface area contributed by atoms with Crippen molar-refractivity contribution in [2.75, 3.05) is 6.61 Å². The summed E-state index contributed by atoms with van der Waals surface area (Å²) in [7, 11) is 0. The fourth-order valence-corrected chi connectivity index (χ4v) is 5.36. The van der Waals surface area contributed by atoms with Crippen molar-refractivity contribution in [3.05, 3.63) is 131 Å². The SMILES string of the molecule is CCOC(=O)Cc1cc(C(=O)c2ccc(C#Cc3ccc(C(=O)OCc4ccccc4)cc3)c([N+](=O)[O-])c2)sc1Br. The van der Waals surface area contributed by atoms with Crippen LogP contribution in [0.5, 0.6) is 0 Å². The maximum atomic E-state index is 13.1. The van der Waals surface area contributed by atoms with Crippen molar-refractivity contribution in [1.82, 2.24) is 0 Å². The molecule has 0 aliphatic rings. The molecule has 0 spiro atoms. The second-order valence-electron chi connectivity index (χ2n) is 8.60. The van der Waals surface area contributed by atoms with Crippen LogP contribution in [0.1, 0.15) is 54.8 Å². The number of ketones is 1. The van der Waals surface area contributed by atoms with Gasteiger partial charge in [0, 0.05) is 17.2 Å². The van der Waals surface area contributed by atoms with Crippen LogP contribution in [-0.4, -0.2) is 29.3 Å². The number of carbonyl (C=O) groups excluding carboxylic acids is 3. The van der Waals surface area contributed by atoms with E-state index < -0.39 is 22.6 Å². The third kappa shape index (κ3) is 7.75. The molecule has 0 bridgehead atoms. The molecule has 0 unspecified atom stereocenters. The van der Waals surface area contributed by atoms with Crippen LogP contribution in [0.2, 0.25) is 0 Å². The molecule has 0 saturated carbocycles. The van der Waals surface area contributed by atoms with E-state index in [1.165, 1.54) is 18.2 Å². The molecule has 0 aliphatic heterocycles. The highest BCUT2D eigenvalue weighted by atomic mass is 79.9. The Balaban J connectivity index is 1.47. The maximum absolute atomic E-state index is 13.1. The molecule has 0 amide bonds. The topological polar surface area (TPSA) is 113 Å². The standard InChI is InChI=1S/C31H22BrNO7S/c1-2-39-28(34)18-25-17-27(41-30(25)32)29(35)24-15-14-22(26(16-24)33(37)38)11-8-20-9-12-23(13-10-20)31(36)40-19-21-6-4-3-5-7-21/h3-7,9-10,12-17H,2,18-19H2,1H3. The lowest BCUT2D eigenvalue weighted by molar-refractivity contribution is -0.385. The minimum Gasteiger partial charge on any atom is -0.466 e. The highest BCUT2D eigenvalue weighted by Crippen LogP contribution is 2.31. The Labute approximate surface area is 248 Å².